The van der Waals surface area contributed by atoms with E-state index < -0.39 is 0 Å². The second kappa shape index (κ2) is 5.96. The predicted octanol–water partition coefficient (Wildman–Crippen LogP) is 1.96. The summed E-state index contributed by atoms with van der Waals surface area (Å²) < 4.78 is 0. The highest BCUT2D eigenvalue weighted by molar-refractivity contribution is 5.47. The molecule has 0 aliphatic heterocycles. The number of nitrogens with one attached hydrogen (secondary N) is 1. The minimum atomic E-state index is 0.715. The molecule has 1 fully saturated rings. The molecule has 0 aromatic carbocycles. The van der Waals surface area contributed by atoms with Gasteiger partial charge in [-0.05, 0) is 26.3 Å². The van der Waals surface area contributed by atoms with Crippen LogP contribution in [-0.4, -0.2) is 29.6 Å². The van der Waals surface area contributed by atoms with Crippen molar-refractivity contribution >= 4 is 5.82 Å². The van der Waals surface area contributed by atoms with Crippen LogP contribution in [0.1, 0.15) is 38.2 Å². The zero-order valence-electron chi connectivity index (χ0n) is 10.8. The lowest BCUT2D eigenvalue weighted by molar-refractivity contribution is 0.692. The van der Waals surface area contributed by atoms with Crippen molar-refractivity contribution in [1.29, 1.82) is 0 Å². The molecule has 1 aromatic heterocycles. The quantitative estimate of drug-likeness (QED) is 0.783. The molecule has 4 nitrogen and oxygen atoms in total. The second-order valence-electron chi connectivity index (χ2n) is 4.68. The van der Waals surface area contributed by atoms with Crippen LogP contribution in [0, 0.1) is 0 Å². The van der Waals surface area contributed by atoms with Crippen LogP contribution in [0.3, 0.4) is 0 Å². The molecule has 1 N–H and O–H groups in total. The number of hydrogen-bond donors (Lipinski definition) is 1. The van der Waals surface area contributed by atoms with E-state index in [0.29, 0.717) is 6.04 Å². The highest BCUT2D eigenvalue weighted by Crippen LogP contribution is 2.32. The topological polar surface area (TPSA) is 41.1 Å². The molecule has 94 valence electrons. The van der Waals surface area contributed by atoms with Gasteiger partial charge in [0.1, 0.15) is 12.1 Å². The molecular weight excluding hydrogens is 212 g/mol. The van der Waals surface area contributed by atoms with Crippen LogP contribution < -0.4 is 10.2 Å². The van der Waals surface area contributed by atoms with E-state index in [1.807, 2.05) is 13.2 Å². The van der Waals surface area contributed by atoms with Crippen molar-refractivity contribution in [2.75, 3.05) is 18.5 Å². The lowest BCUT2D eigenvalue weighted by Crippen LogP contribution is -2.29. The summed E-state index contributed by atoms with van der Waals surface area (Å²) in [4.78, 5) is 11.1. The minimum Gasteiger partial charge on any atom is -0.353 e. The monoisotopic (exact) mass is 234 g/mol. The van der Waals surface area contributed by atoms with Crippen LogP contribution in [0.15, 0.2) is 12.5 Å². The molecule has 1 aromatic rings. The standard InChI is InChI=1S/C13H22N4/c1-3-4-7-17(12-5-6-12)13-11(8-14-2)9-15-10-16-13/h9-10,12,14H,3-8H2,1-2H3. The van der Waals surface area contributed by atoms with E-state index in [1.165, 1.54) is 31.2 Å². The molecule has 0 spiro atoms. The number of rotatable bonds is 7. The summed E-state index contributed by atoms with van der Waals surface area (Å²) in [6, 6.07) is 0.715. The van der Waals surface area contributed by atoms with E-state index in [0.717, 1.165) is 18.9 Å². The van der Waals surface area contributed by atoms with Gasteiger partial charge in [0.15, 0.2) is 0 Å². The molecule has 1 aliphatic carbocycles. The highest BCUT2D eigenvalue weighted by atomic mass is 15.2. The Labute approximate surface area is 103 Å². The molecular formula is C13H22N4. The Hall–Kier alpha value is -1.16. The third-order valence-corrected chi connectivity index (χ3v) is 3.14. The Balaban J connectivity index is 2.15. The Kier molecular flexibility index (Phi) is 4.31. The average molecular weight is 234 g/mol. The molecule has 2 rings (SSSR count). The lowest BCUT2D eigenvalue weighted by Gasteiger charge is -2.25. The minimum absolute atomic E-state index is 0.715. The lowest BCUT2D eigenvalue weighted by atomic mass is 10.2. The number of aromatic nitrogens is 2. The van der Waals surface area contributed by atoms with Gasteiger partial charge in [0, 0.05) is 30.9 Å². The van der Waals surface area contributed by atoms with Crippen molar-refractivity contribution < 1.29 is 0 Å². The molecule has 0 atom stereocenters. The zero-order valence-corrected chi connectivity index (χ0v) is 10.8. The van der Waals surface area contributed by atoms with Crippen LogP contribution in [0.25, 0.3) is 0 Å². The van der Waals surface area contributed by atoms with E-state index in [9.17, 15) is 0 Å². The fourth-order valence-corrected chi connectivity index (χ4v) is 2.10. The highest BCUT2D eigenvalue weighted by Gasteiger charge is 2.30. The number of unbranched alkanes of at least 4 members (excludes halogenated alkanes) is 1. The Morgan fingerprint density at radius 1 is 1.47 bits per heavy atom. The van der Waals surface area contributed by atoms with E-state index in [4.69, 9.17) is 0 Å². The summed E-state index contributed by atoms with van der Waals surface area (Å²) >= 11 is 0. The van der Waals surface area contributed by atoms with Gasteiger partial charge in [-0.3, -0.25) is 0 Å². The molecule has 0 saturated heterocycles. The third kappa shape index (κ3) is 3.16. The molecule has 1 heterocycles. The van der Waals surface area contributed by atoms with Gasteiger partial charge in [0.05, 0.1) is 0 Å². The van der Waals surface area contributed by atoms with Crippen molar-refractivity contribution in [2.24, 2.45) is 0 Å². The summed E-state index contributed by atoms with van der Waals surface area (Å²) in [7, 11) is 1.96. The first-order valence-corrected chi connectivity index (χ1v) is 6.57. The van der Waals surface area contributed by atoms with Gasteiger partial charge in [-0.2, -0.15) is 0 Å². The number of nitrogens with zero attached hydrogens (tertiary/aromatic N) is 3. The summed E-state index contributed by atoms with van der Waals surface area (Å²) in [5.74, 6) is 1.13. The summed E-state index contributed by atoms with van der Waals surface area (Å²) in [5, 5.41) is 3.19. The molecule has 0 bridgehead atoms. The Morgan fingerprint density at radius 2 is 2.29 bits per heavy atom. The van der Waals surface area contributed by atoms with E-state index in [1.54, 1.807) is 6.33 Å². The summed E-state index contributed by atoms with van der Waals surface area (Å²) in [6.07, 6.45) is 8.69. The van der Waals surface area contributed by atoms with Crippen LogP contribution in [0.2, 0.25) is 0 Å². The maximum absolute atomic E-state index is 4.49. The SMILES string of the molecule is CCCCN(c1ncncc1CNC)C1CC1. The summed E-state index contributed by atoms with van der Waals surface area (Å²) in [5.41, 5.74) is 1.21. The third-order valence-electron chi connectivity index (χ3n) is 3.14. The maximum atomic E-state index is 4.49. The van der Waals surface area contributed by atoms with Crippen molar-refractivity contribution in [2.45, 2.75) is 45.2 Å². The molecule has 4 heteroatoms. The van der Waals surface area contributed by atoms with Gasteiger partial charge in [0.2, 0.25) is 0 Å². The molecule has 17 heavy (non-hydrogen) atoms. The van der Waals surface area contributed by atoms with Gasteiger partial charge in [-0.1, -0.05) is 13.3 Å². The van der Waals surface area contributed by atoms with Crippen molar-refractivity contribution in [3.05, 3.63) is 18.1 Å². The molecule has 0 radical (unpaired) electrons. The van der Waals surface area contributed by atoms with E-state index in [-0.39, 0.29) is 0 Å². The van der Waals surface area contributed by atoms with Gasteiger partial charge >= 0.3 is 0 Å². The second-order valence-corrected chi connectivity index (χ2v) is 4.68. The van der Waals surface area contributed by atoms with E-state index in [2.05, 4.69) is 27.1 Å². The first-order chi connectivity index (χ1) is 8.36. The van der Waals surface area contributed by atoms with Crippen LogP contribution in [0.4, 0.5) is 5.82 Å². The van der Waals surface area contributed by atoms with Crippen LogP contribution in [0.5, 0.6) is 0 Å². The normalized spacial score (nSPS) is 14.9. The number of hydrogen-bond acceptors (Lipinski definition) is 4. The fourth-order valence-electron chi connectivity index (χ4n) is 2.10. The molecule has 0 amide bonds. The largest absolute Gasteiger partial charge is 0.353 e. The van der Waals surface area contributed by atoms with Gasteiger partial charge in [0.25, 0.3) is 0 Å². The van der Waals surface area contributed by atoms with Crippen LogP contribution >= 0.6 is 0 Å². The van der Waals surface area contributed by atoms with E-state index >= 15 is 0 Å². The zero-order chi connectivity index (χ0) is 12.1. The van der Waals surface area contributed by atoms with Gasteiger partial charge in [-0.25, -0.2) is 9.97 Å². The first kappa shape index (κ1) is 12.3. The average Bonchev–Trinajstić information content (AvgIpc) is 3.16. The molecule has 0 unspecified atom stereocenters. The van der Waals surface area contributed by atoms with Crippen molar-refractivity contribution in [3.8, 4) is 0 Å². The molecule has 1 saturated carbocycles. The number of anilines is 1. The predicted molar refractivity (Wildman–Crippen MR) is 70.1 cm³/mol. The fraction of sp³-hybridized carbons (Fsp3) is 0.692. The van der Waals surface area contributed by atoms with Crippen molar-refractivity contribution in [1.82, 2.24) is 15.3 Å². The maximum Gasteiger partial charge on any atom is 0.136 e. The molecule has 1 aliphatic rings. The van der Waals surface area contributed by atoms with Gasteiger partial charge < -0.3 is 10.2 Å². The Morgan fingerprint density at radius 3 is 2.94 bits per heavy atom. The van der Waals surface area contributed by atoms with Gasteiger partial charge in [-0.15, -0.1) is 0 Å². The Bertz CT molecular complexity index is 349. The first-order valence-electron chi connectivity index (χ1n) is 6.57. The smallest absolute Gasteiger partial charge is 0.136 e. The summed E-state index contributed by atoms with van der Waals surface area (Å²) in [6.45, 7) is 4.19. The van der Waals surface area contributed by atoms with Crippen molar-refractivity contribution in [3.63, 3.8) is 0 Å². The van der Waals surface area contributed by atoms with Crippen LogP contribution in [-0.2, 0) is 6.54 Å².